The number of benzene rings is 1. The summed E-state index contributed by atoms with van der Waals surface area (Å²) in [5.74, 6) is 0. The highest BCUT2D eigenvalue weighted by Crippen LogP contribution is 2.07. The van der Waals surface area contributed by atoms with Crippen LogP contribution in [0.25, 0.3) is 0 Å². The molecule has 52 valence electrons. The zero-order valence-corrected chi connectivity index (χ0v) is 9.15. The van der Waals surface area contributed by atoms with Crippen molar-refractivity contribution in [2.24, 2.45) is 0 Å². The van der Waals surface area contributed by atoms with Gasteiger partial charge in [-0.3, -0.25) is 0 Å². The summed E-state index contributed by atoms with van der Waals surface area (Å²) < 4.78 is 1.53. The number of hydrogen-bond acceptors (Lipinski definition) is 0. The molecular formula is C9H13Al. The number of aryl methyl sites for hydroxylation is 1. The molecule has 1 rings (SSSR count). The molecule has 0 saturated heterocycles. The summed E-state index contributed by atoms with van der Waals surface area (Å²) in [5.41, 5.74) is 4.37. The predicted molar refractivity (Wildman–Crippen MR) is 48.8 cm³/mol. The van der Waals surface area contributed by atoms with Crippen molar-refractivity contribution < 1.29 is 0 Å². The molecule has 0 aliphatic rings. The van der Waals surface area contributed by atoms with Crippen molar-refractivity contribution in [1.82, 2.24) is 0 Å². The monoisotopic (exact) mass is 148 g/mol. The second-order valence-electron chi connectivity index (χ2n) is 2.95. The fourth-order valence-corrected chi connectivity index (χ4v) is 1.63. The molecule has 1 heteroatoms. The van der Waals surface area contributed by atoms with E-state index in [-0.39, 0.29) is 0 Å². The van der Waals surface area contributed by atoms with E-state index < -0.39 is 0 Å². The van der Waals surface area contributed by atoms with Crippen molar-refractivity contribution in [3.05, 3.63) is 28.8 Å². The lowest BCUT2D eigenvalue weighted by molar-refractivity contribution is 1.28. The minimum Gasteiger partial charge on any atom is -0.118 e. The van der Waals surface area contributed by atoms with Crippen LogP contribution in [-0.2, 0) is 0 Å². The summed E-state index contributed by atoms with van der Waals surface area (Å²) in [6.07, 6.45) is 0. The van der Waals surface area contributed by atoms with Gasteiger partial charge >= 0.3 is 0 Å². The predicted octanol–water partition coefficient (Wildman–Crippen LogP) is 0.870. The Morgan fingerprint density at radius 2 is 1.60 bits per heavy atom. The Bertz CT molecular complexity index is 224. The summed E-state index contributed by atoms with van der Waals surface area (Å²) in [6, 6.07) is 4.45. The molecule has 10 heavy (non-hydrogen) atoms. The van der Waals surface area contributed by atoms with Gasteiger partial charge in [0.1, 0.15) is 0 Å². The minimum atomic E-state index is 1.17. The Morgan fingerprint density at radius 1 is 1.00 bits per heavy atom. The van der Waals surface area contributed by atoms with E-state index in [0.29, 0.717) is 0 Å². The van der Waals surface area contributed by atoms with Crippen LogP contribution in [0.1, 0.15) is 16.7 Å². The molecule has 1 aromatic rings. The molecule has 0 aromatic heterocycles. The van der Waals surface area contributed by atoms with E-state index in [1.165, 1.54) is 37.4 Å². The van der Waals surface area contributed by atoms with Gasteiger partial charge in [0.05, 0.1) is 0 Å². The Morgan fingerprint density at radius 3 is 2.10 bits per heavy atom. The van der Waals surface area contributed by atoms with E-state index in [1.807, 2.05) is 0 Å². The van der Waals surface area contributed by atoms with E-state index in [2.05, 4.69) is 32.9 Å². The highest BCUT2D eigenvalue weighted by atomic mass is 27.0. The van der Waals surface area contributed by atoms with Crippen LogP contribution in [0.5, 0.6) is 0 Å². The molecule has 0 atom stereocenters. The van der Waals surface area contributed by atoms with Gasteiger partial charge in [0.2, 0.25) is 0 Å². The molecule has 0 spiro atoms. The molecule has 0 amide bonds. The average Bonchev–Trinajstić information content (AvgIpc) is 1.93. The van der Waals surface area contributed by atoms with Crippen molar-refractivity contribution in [3.8, 4) is 0 Å². The Balaban J connectivity index is 3.34. The minimum absolute atomic E-state index is 1.17. The zero-order chi connectivity index (χ0) is 7.72. The topological polar surface area (TPSA) is 0 Å². The summed E-state index contributed by atoms with van der Waals surface area (Å²) in [4.78, 5) is 0. The smallest absolute Gasteiger partial charge is 0.118 e. The highest BCUT2D eigenvalue weighted by molar-refractivity contribution is 6.33. The summed E-state index contributed by atoms with van der Waals surface area (Å²) in [5, 5.41) is 0. The normalized spacial score (nSPS) is 9.90. The number of hydrogen-bond donors (Lipinski definition) is 0. The fourth-order valence-electron chi connectivity index (χ4n) is 1.09. The van der Waals surface area contributed by atoms with Gasteiger partial charge in [-0.05, 0) is 31.9 Å². The Labute approximate surface area is 70.7 Å². The van der Waals surface area contributed by atoms with Crippen LogP contribution >= 0.6 is 0 Å². The van der Waals surface area contributed by atoms with E-state index >= 15 is 0 Å². The molecule has 0 aliphatic heterocycles. The third-order valence-electron chi connectivity index (χ3n) is 2.33. The van der Waals surface area contributed by atoms with Crippen molar-refractivity contribution in [1.29, 1.82) is 0 Å². The van der Waals surface area contributed by atoms with Gasteiger partial charge in [0, 0.05) is 0 Å². The first-order valence-electron chi connectivity index (χ1n) is 3.66. The molecule has 0 N–H and O–H groups in total. The van der Waals surface area contributed by atoms with Crippen molar-refractivity contribution in [2.45, 2.75) is 20.8 Å². The van der Waals surface area contributed by atoms with E-state index in [1.54, 1.807) is 0 Å². The van der Waals surface area contributed by atoms with Crippen molar-refractivity contribution >= 4 is 20.7 Å². The van der Waals surface area contributed by atoms with Gasteiger partial charge in [-0.25, -0.2) is 0 Å². The highest BCUT2D eigenvalue weighted by Gasteiger charge is 1.97. The molecule has 0 saturated carbocycles. The Kier molecular flexibility index (Phi) is 2.18. The number of rotatable bonds is 0. The van der Waals surface area contributed by atoms with Crippen LogP contribution in [0.4, 0.5) is 0 Å². The third-order valence-corrected chi connectivity index (χ3v) is 3.41. The third kappa shape index (κ3) is 1.26. The second-order valence-corrected chi connectivity index (χ2v) is 4.03. The van der Waals surface area contributed by atoms with Gasteiger partial charge < -0.3 is 0 Å². The summed E-state index contributed by atoms with van der Waals surface area (Å²) >= 11 is 1.17. The molecule has 0 nitrogen and oxygen atoms in total. The summed E-state index contributed by atoms with van der Waals surface area (Å²) in [7, 11) is 0. The quantitative estimate of drug-likeness (QED) is 0.479. The molecule has 0 aliphatic carbocycles. The molecular weight excluding hydrogens is 135 g/mol. The van der Waals surface area contributed by atoms with Crippen LogP contribution in [-0.4, -0.2) is 16.3 Å². The van der Waals surface area contributed by atoms with Gasteiger partial charge in [-0.2, -0.15) is 0 Å². The van der Waals surface area contributed by atoms with Crippen molar-refractivity contribution in [3.63, 3.8) is 0 Å². The lowest BCUT2D eigenvalue weighted by Gasteiger charge is -2.06. The zero-order valence-electron chi connectivity index (χ0n) is 7.15. The molecule has 0 heterocycles. The van der Waals surface area contributed by atoms with Crippen molar-refractivity contribution in [2.75, 3.05) is 0 Å². The average molecular weight is 148 g/mol. The van der Waals surface area contributed by atoms with Gasteiger partial charge in [-0.1, -0.05) is 17.7 Å². The van der Waals surface area contributed by atoms with Gasteiger partial charge in [0.15, 0.2) is 0 Å². The molecule has 1 aromatic carbocycles. The lowest BCUT2D eigenvalue weighted by Crippen LogP contribution is -2.08. The molecule has 0 bridgehead atoms. The first-order chi connectivity index (χ1) is 4.63. The maximum absolute atomic E-state index is 2.24. The van der Waals surface area contributed by atoms with Crippen LogP contribution in [0.3, 0.4) is 0 Å². The second kappa shape index (κ2) is 2.78. The standard InChI is InChI=1S/C9H11.Al.2H/c1-7-5-4-6-8(2)9(7)3;;;/h4-5H,1-3H3;;;. The Hall–Kier alpha value is -0.248. The molecule has 0 fully saturated rings. The maximum Gasteiger partial charge on any atom is 0.259 e. The SMILES string of the molecule is Cc1cc[c]([AlH2])c(C)c1C. The summed E-state index contributed by atoms with van der Waals surface area (Å²) in [6.45, 7) is 6.58. The van der Waals surface area contributed by atoms with Crippen LogP contribution in [0.15, 0.2) is 12.1 Å². The molecule has 0 unspecified atom stereocenters. The first-order valence-corrected chi connectivity index (χ1v) is 4.66. The first kappa shape index (κ1) is 7.86. The lowest BCUT2D eigenvalue weighted by atomic mass is 10.1. The van der Waals surface area contributed by atoms with E-state index in [4.69, 9.17) is 0 Å². The van der Waals surface area contributed by atoms with E-state index in [0.717, 1.165) is 0 Å². The van der Waals surface area contributed by atoms with Gasteiger partial charge in [-0.15, -0.1) is 4.43 Å². The fraction of sp³-hybridized carbons (Fsp3) is 0.333. The van der Waals surface area contributed by atoms with Crippen LogP contribution in [0, 0.1) is 20.8 Å². The molecule has 0 radical (unpaired) electrons. The van der Waals surface area contributed by atoms with E-state index in [9.17, 15) is 0 Å². The largest absolute Gasteiger partial charge is 0.259 e. The van der Waals surface area contributed by atoms with Crippen LogP contribution < -0.4 is 4.43 Å². The maximum atomic E-state index is 2.24. The van der Waals surface area contributed by atoms with Gasteiger partial charge in [0.25, 0.3) is 16.3 Å². The van der Waals surface area contributed by atoms with Crippen LogP contribution in [0.2, 0.25) is 0 Å².